The summed E-state index contributed by atoms with van der Waals surface area (Å²) >= 11 is 6.26. The zero-order valence-corrected chi connectivity index (χ0v) is 11.2. The Labute approximate surface area is 116 Å². The maximum atomic E-state index is 7.42. The highest BCUT2D eigenvalue weighted by molar-refractivity contribution is 6.34. The maximum absolute atomic E-state index is 7.42. The van der Waals surface area contributed by atoms with Crippen molar-refractivity contribution in [2.24, 2.45) is 7.05 Å². The molecule has 1 aliphatic rings. The fourth-order valence-corrected chi connectivity index (χ4v) is 2.23. The topological polar surface area (TPSA) is 31.4 Å². The molecule has 3 rings (SSSR count). The summed E-state index contributed by atoms with van der Waals surface area (Å²) < 4.78 is 7.48. The van der Waals surface area contributed by atoms with Gasteiger partial charge in [0.05, 0.1) is 18.4 Å². The van der Waals surface area contributed by atoms with E-state index in [0.29, 0.717) is 22.0 Å². The van der Waals surface area contributed by atoms with E-state index < -0.39 is 0 Å². The van der Waals surface area contributed by atoms with E-state index in [1.54, 1.807) is 23.0 Å². The van der Waals surface area contributed by atoms with Gasteiger partial charge in [-0.1, -0.05) is 11.6 Å². The lowest BCUT2D eigenvalue weighted by Gasteiger charge is -2.12. The number of rotatable bonds is 3. The van der Waals surface area contributed by atoms with Crippen LogP contribution in [0.15, 0.2) is 24.4 Å². The van der Waals surface area contributed by atoms with Gasteiger partial charge in [0.1, 0.15) is 5.75 Å². The molecule has 1 heterocycles. The van der Waals surface area contributed by atoms with E-state index >= 15 is 0 Å². The molecule has 0 unspecified atom stereocenters. The van der Waals surface area contributed by atoms with E-state index in [1.165, 1.54) is 0 Å². The molecule has 5 heteroatoms. The molecule has 19 heavy (non-hydrogen) atoms. The minimum Gasteiger partial charge on any atom is -0.501 e. The lowest BCUT2D eigenvalue weighted by molar-refractivity contribution is 0.305. The quantitative estimate of drug-likeness (QED) is 0.796. The first kappa shape index (κ1) is 12.1. The molecular formula is C14H12ClN3O. The molecule has 1 fully saturated rings. The van der Waals surface area contributed by atoms with Crippen molar-refractivity contribution in [3.05, 3.63) is 40.8 Å². The summed E-state index contributed by atoms with van der Waals surface area (Å²) in [7, 11) is 1.83. The molecule has 0 N–H and O–H groups in total. The highest BCUT2D eigenvalue weighted by Gasteiger charge is 2.26. The third-order valence-electron chi connectivity index (χ3n) is 3.10. The largest absolute Gasteiger partial charge is 0.501 e. The molecule has 0 aliphatic heterocycles. The smallest absolute Gasteiger partial charge is 0.238 e. The van der Waals surface area contributed by atoms with Gasteiger partial charge < -0.3 is 4.74 Å². The van der Waals surface area contributed by atoms with Crippen molar-refractivity contribution in [2.45, 2.75) is 18.9 Å². The van der Waals surface area contributed by atoms with Crippen LogP contribution in [0.2, 0.25) is 5.02 Å². The Hall–Kier alpha value is -1.99. The summed E-state index contributed by atoms with van der Waals surface area (Å²) in [6.45, 7) is 7.42. The monoisotopic (exact) mass is 273 g/mol. The van der Waals surface area contributed by atoms with E-state index in [9.17, 15) is 0 Å². The Bertz CT molecular complexity index is 668. The van der Waals surface area contributed by atoms with Crippen LogP contribution >= 0.6 is 11.6 Å². The highest BCUT2D eigenvalue weighted by atomic mass is 35.5. The van der Waals surface area contributed by atoms with Gasteiger partial charge in [-0.3, -0.25) is 4.68 Å². The van der Waals surface area contributed by atoms with Crippen LogP contribution in [0.5, 0.6) is 5.75 Å². The minimum atomic E-state index is 0.251. The molecule has 0 radical (unpaired) electrons. The van der Waals surface area contributed by atoms with Crippen LogP contribution in [-0.4, -0.2) is 15.9 Å². The summed E-state index contributed by atoms with van der Waals surface area (Å²) in [5.74, 6) is 0.609. The van der Waals surface area contributed by atoms with Crippen LogP contribution in [0.1, 0.15) is 12.8 Å². The first-order valence-electron chi connectivity index (χ1n) is 6.05. The highest BCUT2D eigenvalue weighted by Crippen LogP contribution is 2.44. The first-order valence-corrected chi connectivity index (χ1v) is 6.43. The van der Waals surface area contributed by atoms with Crippen molar-refractivity contribution >= 4 is 17.3 Å². The Morgan fingerprint density at radius 1 is 1.42 bits per heavy atom. The van der Waals surface area contributed by atoms with Gasteiger partial charge in [-0.25, -0.2) is 4.85 Å². The summed E-state index contributed by atoms with van der Waals surface area (Å²) in [5, 5.41) is 4.67. The van der Waals surface area contributed by atoms with Gasteiger partial charge in [0.25, 0.3) is 0 Å². The summed E-state index contributed by atoms with van der Waals surface area (Å²) in [6, 6.07) is 5.39. The molecule has 96 valence electrons. The third kappa shape index (κ3) is 2.18. The number of hydrogen-bond donors (Lipinski definition) is 0. The Kier molecular flexibility index (Phi) is 2.92. The molecule has 1 aliphatic carbocycles. The number of nitrogens with zero attached hydrogens (tertiary/aromatic N) is 3. The maximum Gasteiger partial charge on any atom is 0.238 e. The number of aryl methyl sites for hydroxylation is 1. The van der Waals surface area contributed by atoms with Crippen LogP contribution in [-0.2, 0) is 7.05 Å². The van der Waals surface area contributed by atoms with E-state index in [0.717, 1.165) is 18.5 Å². The number of benzene rings is 1. The molecule has 0 atom stereocenters. The van der Waals surface area contributed by atoms with Gasteiger partial charge in [0, 0.05) is 23.8 Å². The predicted molar refractivity (Wildman–Crippen MR) is 73.6 cm³/mol. The molecule has 1 aromatic carbocycles. The van der Waals surface area contributed by atoms with Gasteiger partial charge in [0.15, 0.2) is 0 Å². The first-order chi connectivity index (χ1) is 9.20. The van der Waals surface area contributed by atoms with Crippen molar-refractivity contribution in [1.29, 1.82) is 0 Å². The SMILES string of the molecule is [C-]#[N+]c1c(OC2CC2)ccc(Cl)c1-c1ccnn1C. The van der Waals surface area contributed by atoms with Crippen LogP contribution in [0.25, 0.3) is 16.1 Å². The van der Waals surface area contributed by atoms with Crippen molar-refractivity contribution in [3.63, 3.8) is 0 Å². The fourth-order valence-electron chi connectivity index (χ4n) is 1.98. The Morgan fingerprint density at radius 2 is 2.21 bits per heavy atom. The number of ether oxygens (including phenoxy) is 1. The predicted octanol–water partition coefficient (Wildman–Crippen LogP) is 3.83. The average molecular weight is 274 g/mol. The minimum absolute atomic E-state index is 0.251. The van der Waals surface area contributed by atoms with Gasteiger partial charge in [-0.2, -0.15) is 5.10 Å². The van der Waals surface area contributed by atoms with Crippen LogP contribution in [0, 0.1) is 6.57 Å². The van der Waals surface area contributed by atoms with Gasteiger partial charge in [0.2, 0.25) is 5.69 Å². The number of halogens is 1. The molecule has 0 bridgehead atoms. The molecule has 0 amide bonds. The normalized spacial score (nSPS) is 14.2. The average Bonchev–Trinajstić information content (AvgIpc) is 3.12. The van der Waals surface area contributed by atoms with E-state index in [2.05, 4.69) is 9.94 Å². The Balaban J connectivity index is 2.16. The number of hydrogen-bond acceptors (Lipinski definition) is 2. The second kappa shape index (κ2) is 4.60. The van der Waals surface area contributed by atoms with E-state index in [-0.39, 0.29) is 6.10 Å². The van der Waals surface area contributed by atoms with Crippen LogP contribution in [0.4, 0.5) is 5.69 Å². The van der Waals surface area contributed by atoms with E-state index in [4.69, 9.17) is 22.9 Å². The Morgan fingerprint density at radius 3 is 2.79 bits per heavy atom. The molecule has 4 nitrogen and oxygen atoms in total. The molecule has 0 saturated heterocycles. The molecule has 2 aromatic rings. The fraction of sp³-hybridized carbons (Fsp3) is 0.286. The summed E-state index contributed by atoms with van der Waals surface area (Å²) in [5.41, 5.74) is 1.97. The third-order valence-corrected chi connectivity index (χ3v) is 3.41. The second-order valence-corrected chi connectivity index (χ2v) is 4.95. The number of aromatic nitrogens is 2. The lowest BCUT2D eigenvalue weighted by atomic mass is 10.1. The summed E-state index contributed by atoms with van der Waals surface area (Å²) in [6.07, 6.45) is 4.05. The van der Waals surface area contributed by atoms with Crippen molar-refractivity contribution in [2.75, 3.05) is 0 Å². The van der Waals surface area contributed by atoms with E-state index in [1.807, 2.05) is 13.1 Å². The van der Waals surface area contributed by atoms with Gasteiger partial charge in [-0.05, 0) is 31.0 Å². The standard InChI is InChI=1S/C14H12ClN3O/c1-16-14-12(19-9-3-4-9)6-5-10(15)13(14)11-7-8-17-18(11)2/h5-9H,3-4H2,2H3. The molecule has 1 aromatic heterocycles. The molecular weight excluding hydrogens is 262 g/mol. The van der Waals surface area contributed by atoms with Crippen LogP contribution in [0.3, 0.4) is 0 Å². The second-order valence-electron chi connectivity index (χ2n) is 4.54. The molecule has 0 spiro atoms. The van der Waals surface area contributed by atoms with Gasteiger partial charge in [-0.15, -0.1) is 0 Å². The zero-order valence-electron chi connectivity index (χ0n) is 10.4. The van der Waals surface area contributed by atoms with Crippen LogP contribution < -0.4 is 4.74 Å². The lowest BCUT2D eigenvalue weighted by Crippen LogP contribution is -1.98. The zero-order chi connectivity index (χ0) is 13.4. The van der Waals surface area contributed by atoms with Crippen molar-refractivity contribution in [1.82, 2.24) is 9.78 Å². The molecule has 1 saturated carbocycles. The van der Waals surface area contributed by atoms with Crippen molar-refractivity contribution in [3.8, 4) is 17.0 Å². The van der Waals surface area contributed by atoms with Crippen molar-refractivity contribution < 1.29 is 4.74 Å². The van der Waals surface area contributed by atoms with Gasteiger partial charge >= 0.3 is 0 Å². The summed E-state index contributed by atoms with van der Waals surface area (Å²) in [4.78, 5) is 3.61.